The second kappa shape index (κ2) is 10.4. The van der Waals surface area contributed by atoms with Crippen LogP contribution in [0.15, 0.2) is 40.9 Å². The van der Waals surface area contributed by atoms with Crippen LogP contribution in [-0.4, -0.2) is 34.3 Å². The number of hydrogen-bond acceptors (Lipinski definition) is 6. The molecule has 1 saturated carbocycles. The number of Topliss-reactive ketones (excluding diaryl/α,β-unsaturated/α-hetero) is 1. The van der Waals surface area contributed by atoms with E-state index < -0.39 is 0 Å². The molecule has 2 aliphatic carbocycles. The number of ether oxygens (including phenoxy) is 1. The third kappa shape index (κ3) is 6.31. The fraction of sp³-hybridized carbons (Fsp3) is 0.609. The molecule has 2 aliphatic rings. The van der Waals surface area contributed by atoms with Crippen LogP contribution in [0, 0.1) is 11.8 Å². The average Bonchev–Trinajstić information content (AvgIpc) is 3.51. The molecule has 0 aromatic carbocycles. The van der Waals surface area contributed by atoms with Crippen molar-refractivity contribution in [2.24, 2.45) is 17.0 Å². The van der Waals surface area contributed by atoms with Crippen molar-refractivity contribution in [1.29, 1.82) is 0 Å². The highest BCUT2D eigenvalue weighted by molar-refractivity contribution is 6.23. The summed E-state index contributed by atoms with van der Waals surface area (Å²) in [4.78, 5) is 22.5. The van der Waals surface area contributed by atoms with Crippen LogP contribution in [0.1, 0.15) is 65.2 Å². The lowest BCUT2D eigenvalue weighted by Gasteiger charge is -2.24. The zero-order chi connectivity index (χ0) is 20.6. The molecule has 0 amide bonds. The van der Waals surface area contributed by atoms with Crippen molar-refractivity contribution in [2.75, 3.05) is 6.61 Å². The monoisotopic (exact) mass is 400 g/mol. The lowest BCUT2D eigenvalue weighted by Crippen LogP contribution is -2.26. The van der Waals surface area contributed by atoms with Crippen molar-refractivity contribution in [3.8, 4) is 5.88 Å². The van der Waals surface area contributed by atoms with Crippen molar-refractivity contribution in [3.05, 3.63) is 35.7 Å². The number of aliphatic hydroxyl groups excluding tert-OH is 1. The minimum atomic E-state index is -0.191. The van der Waals surface area contributed by atoms with E-state index >= 15 is 0 Å². The molecule has 158 valence electrons. The van der Waals surface area contributed by atoms with Crippen molar-refractivity contribution < 1.29 is 19.5 Å². The van der Waals surface area contributed by atoms with E-state index in [1.54, 1.807) is 12.3 Å². The van der Waals surface area contributed by atoms with Gasteiger partial charge in [-0.3, -0.25) is 4.79 Å². The van der Waals surface area contributed by atoms with Crippen LogP contribution in [0.3, 0.4) is 0 Å². The topological polar surface area (TPSA) is 81.0 Å². The highest BCUT2D eigenvalue weighted by Gasteiger charge is 2.34. The maximum atomic E-state index is 12.7. The smallest absolute Gasteiger partial charge is 0.213 e. The summed E-state index contributed by atoms with van der Waals surface area (Å²) in [6.07, 6.45) is 8.28. The van der Waals surface area contributed by atoms with Crippen molar-refractivity contribution in [1.82, 2.24) is 4.98 Å². The largest absolute Gasteiger partial charge is 0.511 e. The first-order valence-electron chi connectivity index (χ1n) is 10.8. The van der Waals surface area contributed by atoms with E-state index in [9.17, 15) is 9.90 Å². The van der Waals surface area contributed by atoms with E-state index in [0.717, 1.165) is 25.2 Å². The number of carbonyl (C=O) groups excluding carboxylic acids is 1. The van der Waals surface area contributed by atoms with Crippen molar-refractivity contribution >= 4 is 11.5 Å². The van der Waals surface area contributed by atoms with Gasteiger partial charge in [-0.15, -0.1) is 0 Å². The van der Waals surface area contributed by atoms with Crippen molar-refractivity contribution in [2.45, 2.75) is 71.3 Å². The molecule has 29 heavy (non-hydrogen) atoms. The van der Waals surface area contributed by atoms with Crippen LogP contribution < -0.4 is 4.74 Å². The standard InChI is InChI=1S/C23H32N2O4/c1-3-7-19(23-20(26)13-17(14-21(23)27)12-16-9-10-16)25-28-15-18(4-2)29-22-8-5-6-11-24-22/h5-6,8,11,16-18,26H,3-4,7,9-10,12-15H2,1-2H3/b25-19+. The first kappa shape index (κ1) is 21.3. The molecule has 1 fully saturated rings. The Labute approximate surface area is 173 Å². The molecule has 1 aromatic rings. The fourth-order valence-electron chi connectivity index (χ4n) is 3.77. The average molecular weight is 401 g/mol. The molecule has 1 aromatic heterocycles. The first-order chi connectivity index (χ1) is 14.1. The number of oxime groups is 1. The number of allylic oxidation sites excluding steroid dienone is 2. The number of aromatic nitrogens is 1. The SMILES string of the molecule is CCC/C(=N\OCC(CC)Oc1ccccn1)C1=C(O)CC(CC2CC2)CC1=O. The first-order valence-corrected chi connectivity index (χ1v) is 10.8. The number of pyridine rings is 1. The van der Waals surface area contributed by atoms with E-state index in [1.165, 1.54) is 12.8 Å². The lowest BCUT2D eigenvalue weighted by molar-refractivity contribution is -0.116. The molecule has 1 heterocycles. The number of nitrogens with zero attached hydrogens (tertiary/aromatic N) is 2. The van der Waals surface area contributed by atoms with Gasteiger partial charge in [-0.25, -0.2) is 4.98 Å². The van der Waals surface area contributed by atoms with Gasteiger partial charge in [0.1, 0.15) is 11.9 Å². The van der Waals surface area contributed by atoms with Gasteiger partial charge < -0.3 is 14.7 Å². The Morgan fingerprint density at radius 1 is 1.28 bits per heavy atom. The van der Waals surface area contributed by atoms with Gasteiger partial charge >= 0.3 is 0 Å². The predicted octanol–water partition coefficient (Wildman–Crippen LogP) is 5.00. The van der Waals surface area contributed by atoms with Gasteiger partial charge in [0.05, 0.1) is 11.3 Å². The molecule has 0 radical (unpaired) electrons. The summed E-state index contributed by atoms with van der Waals surface area (Å²) < 4.78 is 5.82. The quantitative estimate of drug-likeness (QED) is 0.417. The predicted molar refractivity (Wildman–Crippen MR) is 112 cm³/mol. The molecule has 6 heteroatoms. The van der Waals surface area contributed by atoms with Crippen LogP contribution in [0.4, 0.5) is 0 Å². The second-order valence-electron chi connectivity index (χ2n) is 8.10. The third-order valence-corrected chi connectivity index (χ3v) is 5.48. The zero-order valence-electron chi connectivity index (χ0n) is 17.5. The summed E-state index contributed by atoms with van der Waals surface area (Å²) in [5, 5.41) is 14.8. The van der Waals surface area contributed by atoms with Crippen LogP contribution in [0.5, 0.6) is 5.88 Å². The maximum absolute atomic E-state index is 12.7. The molecule has 2 unspecified atom stereocenters. The Hall–Kier alpha value is -2.37. The van der Waals surface area contributed by atoms with Crippen LogP contribution in [0.25, 0.3) is 0 Å². The zero-order valence-corrected chi connectivity index (χ0v) is 17.5. The number of rotatable bonds is 11. The highest BCUT2D eigenvalue weighted by Crippen LogP contribution is 2.40. The molecule has 0 saturated heterocycles. The van der Waals surface area contributed by atoms with E-state index in [0.29, 0.717) is 36.4 Å². The Bertz CT molecular complexity index is 741. The van der Waals surface area contributed by atoms with Crippen LogP contribution >= 0.6 is 0 Å². The summed E-state index contributed by atoms with van der Waals surface area (Å²) >= 11 is 0. The van der Waals surface area contributed by atoms with Crippen LogP contribution in [-0.2, 0) is 9.63 Å². The van der Waals surface area contributed by atoms with Gasteiger partial charge in [-0.1, -0.05) is 44.3 Å². The minimum Gasteiger partial charge on any atom is -0.511 e. The molecule has 1 N–H and O–H groups in total. The summed E-state index contributed by atoms with van der Waals surface area (Å²) in [5.41, 5.74) is 0.921. The Balaban J connectivity index is 1.63. The maximum Gasteiger partial charge on any atom is 0.213 e. The van der Waals surface area contributed by atoms with Gasteiger partial charge in [0, 0.05) is 25.1 Å². The Morgan fingerprint density at radius 3 is 2.72 bits per heavy atom. The van der Waals surface area contributed by atoms with Crippen LogP contribution in [0.2, 0.25) is 0 Å². The summed E-state index contributed by atoms with van der Waals surface area (Å²) in [7, 11) is 0. The van der Waals surface area contributed by atoms with Gasteiger partial charge in [-0.2, -0.15) is 0 Å². The van der Waals surface area contributed by atoms with Crippen molar-refractivity contribution in [3.63, 3.8) is 0 Å². The molecule has 0 spiro atoms. The molecular weight excluding hydrogens is 368 g/mol. The Kier molecular flexibility index (Phi) is 7.67. The second-order valence-corrected chi connectivity index (χ2v) is 8.10. The molecule has 6 nitrogen and oxygen atoms in total. The number of aliphatic hydroxyl groups is 1. The van der Waals surface area contributed by atoms with Gasteiger partial charge in [0.25, 0.3) is 0 Å². The summed E-state index contributed by atoms with van der Waals surface area (Å²) in [6, 6.07) is 5.51. The Morgan fingerprint density at radius 2 is 2.10 bits per heavy atom. The van der Waals surface area contributed by atoms with E-state index in [2.05, 4.69) is 10.1 Å². The number of carbonyl (C=O) groups is 1. The summed E-state index contributed by atoms with van der Waals surface area (Å²) in [5.74, 6) is 1.73. The number of hydrogen-bond donors (Lipinski definition) is 1. The molecule has 0 aliphatic heterocycles. The van der Waals surface area contributed by atoms with Gasteiger partial charge in [-0.05, 0) is 37.2 Å². The number of ketones is 1. The molecule has 0 bridgehead atoms. The summed E-state index contributed by atoms with van der Waals surface area (Å²) in [6.45, 7) is 4.29. The molecule has 2 atom stereocenters. The highest BCUT2D eigenvalue weighted by atomic mass is 16.6. The molecule has 3 rings (SSSR count). The normalized spacial score (nSPS) is 21.2. The fourth-order valence-corrected chi connectivity index (χ4v) is 3.77. The van der Waals surface area contributed by atoms with E-state index in [1.807, 2.05) is 26.0 Å². The lowest BCUT2D eigenvalue weighted by atomic mass is 9.82. The third-order valence-electron chi connectivity index (χ3n) is 5.48. The van der Waals surface area contributed by atoms with E-state index in [-0.39, 0.29) is 30.2 Å². The van der Waals surface area contributed by atoms with E-state index in [4.69, 9.17) is 9.57 Å². The van der Waals surface area contributed by atoms with Gasteiger partial charge in [0.15, 0.2) is 12.4 Å². The molecular formula is C23H32N2O4. The minimum absolute atomic E-state index is 0.00743. The van der Waals surface area contributed by atoms with Gasteiger partial charge in [0.2, 0.25) is 5.88 Å².